The minimum absolute atomic E-state index is 0.690. The highest BCUT2D eigenvalue weighted by molar-refractivity contribution is 5.79. The molecule has 4 heteroatoms. The van der Waals surface area contributed by atoms with Crippen LogP contribution in [0.5, 0.6) is 0 Å². The van der Waals surface area contributed by atoms with E-state index in [1.807, 2.05) is 7.05 Å². The van der Waals surface area contributed by atoms with E-state index in [4.69, 9.17) is 0 Å². The average molecular weight is 246 g/mol. The maximum atomic E-state index is 4.13. The second kappa shape index (κ2) is 6.28. The minimum Gasteiger partial charge on any atom is -0.371 e. The number of anilines is 1. The summed E-state index contributed by atoms with van der Waals surface area (Å²) in [7, 11) is 3.68. The molecule has 98 valence electrons. The van der Waals surface area contributed by atoms with Gasteiger partial charge in [0.15, 0.2) is 5.96 Å². The molecular formula is C14H22N4. The van der Waals surface area contributed by atoms with Gasteiger partial charge >= 0.3 is 0 Å². The van der Waals surface area contributed by atoms with Crippen LogP contribution in [-0.4, -0.2) is 39.7 Å². The van der Waals surface area contributed by atoms with E-state index in [0.29, 0.717) is 5.92 Å². The lowest BCUT2D eigenvalue weighted by Gasteiger charge is -2.19. The highest BCUT2D eigenvalue weighted by Crippen LogP contribution is 2.22. The molecule has 1 saturated heterocycles. The second-order valence-corrected chi connectivity index (χ2v) is 4.64. The lowest BCUT2D eigenvalue weighted by atomic mass is 10.1. The highest BCUT2D eigenvalue weighted by Gasteiger charge is 2.22. The first-order valence-electron chi connectivity index (χ1n) is 6.52. The molecule has 1 aliphatic rings. The largest absolute Gasteiger partial charge is 0.371 e. The Balaban J connectivity index is 1.82. The van der Waals surface area contributed by atoms with Gasteiger partial charge in [0, 0.05) is 39.4 Å². The van der Waals surface area contributed by atoms with Gasteiger partial charge in [-0.2, -0.15) is 0 Å². The van der Waals surface area contributed by atoms with Gasteiger partial charge in [0.05, 0.1) is 0 Å². The molecule has 0 aromatic heterocycles. The molecule has 18 heavy (non-hydrogen) atoms. The minimum atomic E-state index is 0.690. The fourth-order valence-electron chi connectivity index (χ4n) is 2.39. The summed E-state index contributed by atoms with van der Waals surface area (Å²) in [6.45, 7) is 3.25. The van der Waals surface area contributed by atoms with Crippen molar-refractivity contribution in [3.05, 3.63) is 30.3 Å². The van der Waals surface area contributed by atoms with Crippen LogP contribution in [0, 0.1) is 5.92 Å². The van der Waals surface area contributed by atoms with Crippen LogP contribution in [0.1, 0.15) is 6.42 Å². The van der Waals surface area contributed by atoms with Crippen LogP contribution in [0.2, 0.25) is 0 Å². The van der Waals surface area contributed by atoms with Crippen molar-refractivity contribution in [3.63, 3.8) is 0 Å². The molecule has 1 heterocycles. The Kier molecular flexibility index (Phi) is 4.45. The molecule has 0 unspecified atom stereocenters. The number of para-hydroxylation sites is 1. The predicted molar refractivity (Wildman–Crippen MR) is 77.2 cm³/mol. The maximum absolute atomic E-state index is 4.13. The number of guanidine groups is 1. The number of hydrogen-bond donors (Lipinski definition) is 2. The Morgan fingerprint density at radius 3 is 2.83 bits per heavy atom. The first-order chi connectivity index (χ1) is 8.83. The van der Waals surface area contributed by atoms with Gasteiger partial charge in [-0.1, -0.05) is 18.2 Å². The van der Waals surface area contributed by atoms with Crippen LogP contribution in [0.15, 0.2) is 35.3 Å². The number of rotatable bonds is 3. The van der Waals surface area contributed by atoms with Crippen LogP contribution in [0.25, 0.3) is 0 Å². The van der Waals surface area contributed by atoms with Crippen molar-refractivity contribution < 1.29 is 0 Å². The number of hydrogen-bond acceptors (Lipinski definition) is 2. The Morgan fingerprint density at radius 1 is 1.39 bits per heavy atom. The van der Waals surface area contributed by atoms with Gasteiger partial charge in [-0.3, -0.25) is 4.99 Å². The van der Waals surface area contributed by atoms with E-state index >= 15 is 0 Å². The van der Waals surface area contributed by atoms with Crippen LogP contribution in [-0.2, 0) is 0 Å². The Hall–Kier alpha value is -1.71. The highest BCUT2D eigenvalue weighted by atomic mass is 15.2. The quantitative estimate of drug-likeness (QED) is 0.624. The summed E-state index contributed by atoms with van der Waals surface area (Å²) in [6, 6.07) is 10.6. The lowest BCUT2D eigenvalue weighted by Crippen LogP contribution is -2.38. The molecule has 0 saturated carbocycles. The molecule has 0 amide bonds. The zero-order valence-corrected chi connectivity index (χ0v) is 11.2. The van der Waals surface area contributed by atoms with E-state index in [1.165, 1.54) is 12.1 Å². The lowest BCUT2D eigenvalue weighted by molar-refractivity contribution is 0.568. The van der Waals surface area contributed by atoms with Crippen molar-refractivity contribution in [2.24, 2.45) is 10.9 Å². The van der Waals surface area contributed by atoms with Gasteiger partial charge in [-0.15, -0.1) is 0 Å². The molecule has 4 nitrogen and oxygen atoms in total. The van der Waals surface area contributed by atoms with Crippen LogP contribution in [0.3, 0.4) is 0 Å². The first kappa shape index (κ1) is 12.7. The summed E-state index contributed by atoms with van der Waals surface area (Å²) < 4.78 is 0. The molecule has 1 atom stereocenters. The Bertz CT molecular complexity index is 388. The van der Waals surface area contributed by atoms with Crippen LogP contribution in [0.4, 0.5) is 5.69 Å². The second-order valence-electron chi connectivity index (χ2n) is 4.64. The van der Waals surface area contributed by atoms with Crippen molar-refractivity contribution in [3.8, 4) is 0 Å². The molecule has 1 fully saturated rings. The van der Waals surface area contributed by atoms with E-state index in [0.717, 1.165) is 25.6 Å². The molecule has 0 bridgehead atoms. The summed E-state index contributed by atoms with van der Waals surface area (Å²) in [5.74, 6) is 1.56. The van der Waals surface area contributed by atoms with Crippen molar-refractivity contribution in [2.45, 2.75) is 6.42 Å². The van der Waals surface area contributed by atoms with Gasteiger partial charge < -0.3 is 15.5 Å². The molecule has 1 aliphatic heterocycles. The topological polar surface area (TPSA) is 39.7 Å². The number of nitrogens with zero attached hydrogens (tertiary/aromatic N) is 2. The van der Waals surface area contributed by atoms with Crippen LogP contribution < -0.4 is 15.5 Å². The molecule has 2 N–H and O–H groups in total. The maximum Gasteiger partial charge on any atom is 0.190 e. The van der Waals surface area contributed by atoms with E-state index in [-0.39, 0.29) is 0 Å². The van der Waals surface area contributed by atoms with Gasteiger partial charge in [-0.05, 0) is 24.5 Å². The third-order valence-electron chi connectivity index (χ3n) is 3.43. The summed E-state index contributed by atoms with van der Waals surface area (Å²) in [5.41, 5.74) is 1.33. The average Bonchev–Trinajstić information content (AvgIpc) is 2.90. The van der Waals surface area contributed by atoms with Gasteiger partial charge in [-0.25, -0.2) is 0 Å². The third kappa shape index (κ3) is 3.15. The Labute approximate surface area is 109 Å². The fourth-order valence-corrected chi connectivity index (χ4v) is 2.39. The zero-order chi connectivity index (χ0) is 12.8. The summed E-state index contributed by atoms with van der Waals surface area (Å²) in [5, 5.41) is 6.39. The van der Waals surface area contributed by atoms with E-state index in [9.17, 15) is 0 Å². The van der Waals surface area contributed by atoms with E-state index in [1.54, 1.807) is 7.05 Å². The van der Waals surface area contributed by atoms with E-state index in [2.05, 4.69) is 50.9 Å². The van der Waals surface area contributed by atoms with E-state index < -0.39 is 0 Å². The normalized spacial score (nSPS) is 20.0. The van der Waals surface area contributed by atoms with Gasteiger partial charge in [0.1, 0.15) is 0 Å². The predicted octanol–water partition coefficient (Wildman–Crippen LogP) is 1.31. The standard InChI is InChI=1S/C14H22N4/c1-15-14(16-2)17-10-12-8-9-18(11-12)13-6-4-3-5-7-13/h3-7,12H,8-11H2,1-2H3,(H2,15,16,17)/t12-/m1/s1. The first-order valence-corrected chi connectivity index (χ1v) is 6.52. The van der Waals surface area contributed by atoms with Crippen molar-refractivity contribution in [2.75, 3.05) is 38.6 Å². The van der Waals surface area contributed by atoms with Crippen LogP contribution >= 0.6 is 0 Å². The summed E-state index contributed by atoms with van der Waals surface area (Å²) >= 11 is 0. The summed E-state index contributed by atoms with van der Waals surface area (Å²) in [6.07, 6.45) is 1.24. The molecular weight excluding hydrogens is 224 g/mol. The van der Waals surface area contributed by atoms with Crippen molar-refractivity contribution in [1.29, 1.82) is 0 Å². The summed E-state index contributed by atoms with van der Waals surface area (Å²) in [4.78, 5) is 6.58. The zero-order valence-electron chi connectivity index (χ0n) is 11.2. The number of nitrogens with one attached hydrogen (secondary N) is 2. The monoisotopic (exact) mass is 246 g/mol. The number of benzene rings is 1. The van der Waals surface area contributed by atoms with Gasteiger partial charge in [0.25, 0.3) is 0 Å². The Morgan fingerprint density at radius 2 is 2.17 bits per heavy atom. The van der Waals surface area contributed by atoms with Crippen molar-refractivity contribution >= 4 is 11.6 Å². The SMILES string of the molecule is CN=C(NC)NC[C@H]1CCN(c2ccccc2)C1. The molecule has 0 aliphatic carbocycles. The third-order valence-corrected chi connectivity index (χ3v) is 3.43. The molecule has 1 aromatic carbocycles. The number of aliphatic imine (C=N–C) groups is 1. The van der Waals surface area contributed by atoms with Gasteiger partial charge in [0.2, 0.25) is 0 Å². The molecule has 0 spiro atoms. The fraction of sp³-hybridized carbons (Fsp3) is 0.500. The molecule has 0 radical (unpaired) electrons. The molecule has 1 aromatic rings. The van der Waals surface area contributed by atoms with Crippen molar-refractivity contribution in [1.82, 2.24) is 10.6 Å². The smallest absolute Gasteiger partial charge is 0.190 e. The molecule has 2 rings (SSSR count).